The number of nitrogens with one attached hydrogen (secondary N) is 2. The van der Waals surface area contributed by atoms with Crippen molar-refractivity contribution >= 4 is 26.8 Å². The van der Waals surface area contributed by atoms with Crippen LogP contribution in [0.15, 0.2) is 65.7 Å². The van der Waals surface area contributed by atoms with Gasteiger partial charge in [-0.2, -0.15) is 0 Å². The zero-order chi connectivity index (χ0) is 17.2. The highest BCUT2D eigenvalue weighted by Gasteiger charge is 2.17. The van der Waals surface area contributed by atoms with Gasteiger partial charge in [-0.25, -0.2) is 8.42 Å². The van der Waals surface area contributed by atoms with Crippen LogP contribution in [0.3, 0.4) is 0 Å². The average Bonchev–Trinajstić information content (AvgIpc) is 2.59. The topological polar surface area (TPSA) is 88.2 Å². The smallest absolute Gasteiger partial charge is 0.266 e. The first-order valence-electron chi connectivity index (χ1n) is 7.20. The number of aryl methyl sites for hydroxylation is 1. The van der Waals surface area contributed by atoms with Gasteiger partial charge in [0.05, 0.1) is 10.4 Å². The van der Waals surface area contributed by atoms with Crippen LogP contribution in [0, 0.1) is 6.92 Å². The summed E-state index contributed by atoms with van der Waals surface area (Å²) in [6, 6.07) is 15.1. The first-order valence-corrected chi connectivity index (χ1v) is 8.68. The molecule has 122 valence electrons. The number of fused-ring (bicyclic) bond motifs is 1. The molecular weight excluding hydrogens is 326 g/mol. The molecule has 0 aliphatic heterocycles. The van der Waals surface area contributed by atoms with E-state index >= 15 is 0 Å². The Morgan fingerprint density at radius 2 is 1.83 bits per heavy atom. The van der Waals surface area contributed by atoms with E-state index in [0.29, 0.717) is 11.1 Å². The lowest BCUT2D eigenvalue weighted by Gasteiger charge is -2.10. The highest BCUT2D eigenvalue weighted by Crippen LogP contribution is 2.14. The minimum absolute atomic E-state index is 0.119. The molecule has 0 aliphatic carbocycles. The Labute approximate surface area is 139 Å². The number of aromatic nitrogens is 1. The number of pyridine rings is 1. The molecule has 0 spiro atoms. The molecule has 0 aliphatic rings. The van der Waals surface area contributed by atoms with E-state index in [1.807, 2.05) is 6.07 Å². The maximum Gasteiger partial charge on any atom is 0.266 e. The third-order valence-corrected chi connectivity index (χ3v) is 4.96. The van der Waals surface area contributed by atoms with Gasteiger partial charge in [0, 0.05) is 17.1 Å². The maximum atomic E-state index is 12.3. The molecule has 0 fully saturated rings. The molecule has 2 aromatic carbocycles. The van der Waals surface area contributed by atoms with Crippen molar-refractivity contribution in [3.05, 3.63) is 71.9 Å². The first-order chi connectivity index (χ1) is 11.5. The lowest BCUT2D eigenvalue weighted by atomic mass is 10.1. The second kappa shape index (κ2) is 6.38. The second-order valence-electron chi connectivity index (χ2n) is 5.24. The molecule has 1 heterocycles. The Hall–Kier alpha value is -2.77. The first kappa shape index (κ1) is 16.1. The number of hydrogen-bond donors (Lipinski definition) is 2. The molecule has 0 saturated carbocycles. The van der Waals surface area contributed by atoms with Crippen LogP contribution in [-0.4, -0.2) is 19.3 Å². The van der Waals surface area contributed by atoms with Crippen molar-refractivity contribution in [2.24, 2.45) is 0 Å². The zero-order valence-electron chi connectivity index (χ0n) is 12.9. The van der Waals surface area contributed by atoms with E-state index < -0.39 is 15.9 Å². The fraction of sp³-hybridized carbons (Fsp3) is 0.0588. The van der Waals surface area contributed by atoms with Gasteiger partial charge in [-0.1, -0.05) is 24.3 Å². The SMILES string of the molecule is Cc1ccccc1S(=O)(=O)NNC(=O)c1ccc2ncccc2c1. The van der Waals surface area contributed by atoms with Crippen molar-refractivity contribution in [2.45, 2.75) is 11.8 Å². The maximum absolute atomic E-state index is 12.3. The number of carbonyl (C=O) groups excluding carboxylic acids is 1. The highest BCUT2D eigenvalue weighted by molar-refractivity contribution is 7.89. The van der Waals surface area contributed by atoms with Crippen LogP contribution in [0.4, 0.5) is 0 Å². The van der Waals surface area contributed by atoms with E-state index in [4.69, 9.17) is 0 Å². The molecule has 2 N–H and O–H groups in total. The van der Waals surface area contributed by atoms with Gasteiger partial charge in [0.15, 0.2) is 0 Å². The largest absolute Gasteiger partial charge is 0.273 e. The van der Waals surface area contributed by atoms with Gasteiger partial charge in [0.2, 0.25) is 0 Å². The molecule has 7 heteroatoms. The van der Waals surface area contributed by atoms with Crippen molar-refractivity contribution in [1.29, 1.82) is 0 Å². The minimum atomic E-state index is -3.83. The summed E-state index contributed by atoms with van der Waals surface area (Å²) in [4.78, 5) is 18.6. The van der Waals surface area contributed by atoms with Gasteiger partial charge in [-0.05, 0) is 42.8 Å². The molecule has 1 amide bonds. The van der Waals surface area contributed by atoms with Gasteiger partial charge >= 0.3 is 0 Å². The Morgan fingerprint density at radius 3 is 2.62 bits per heavy atom. The zero-order valence-corrected chi connectivity index (χ0v) is 13.7. The summed E-state index contributed by atoms with van der Waals surface area (Å²) in [5, 5.41) is 0.798. The van der Waals surface area contributed by atoms with E-state index in [1.165, 1.54) is 6.07 Å². The minimum Gasteiger partial charge on any atom is -0.273 e. The van der Waals surface area contributed by atoms with Crippen LogP contribution in [0.5, 0.6) is 0 Å². The van der Waals surface area contributed by atoms with Crippen molar-refractivity contribution in [3.63, 3.8) is 0 Å². The predicted molar refractivity (Wildman–Crippen MR) is 90.7 cm³/mol. The lowest BCUT2D eigenvalue weighted by molar-refractivity contribution is 0.0945. The fourth-order valence-electron chi connectivity index (χ4n) is 2.32. The van der Waals surface area contributed by atoms with E-state index in [1.54, 1.807) is 55.6 Å². The Balaban J connectivity index is 1.78. The van der Waals surface area contributed by atoms with Crippen LogP contribution in [0.1, 0.15) is 15.9 Å². The molecule has 0 radical (unpaired) electrons. The summed E-state index contributed by atoms with van der Waals surface area (Å²) in [5.41, 5.74) is 3.92. The molecule has 24 heavy (non-hydrogen) atoms. The number of sulfonamides is 1. The Bertz CT molecular complexity index is 1020. The number of benzene rings is 2. The number of amides is 1. The van der Waals surface area contributed by atoms with Crippen LogP contribution in [-0.2, 0) is 10.0 Å². The van der Waals surface area contributed by atoms with Crippen molar-refractivity contribution < 1.29 is 13.2 Å². The third kappa shape index (κ3) is 3.27. The summed E-state index contributed by atoms with van der Waals surface area (Å²) in [5.74, 6) is -0.544. The van der Waals surface area contributed by atoms with Crippen LogP contribution >= 0.6 is 0 Å². The molecule has 1 aromatic heterocycles. The number of hydrogen-bond acceptors (Lipinski definition) is 4. The molecule has 3 rings (SSSR count). The van der Waals surface area contributed by atoms with Crippen LogP contribution in [0.25, 0.3) is 10.9 Å². The molecule has 0 atom stereocenters. The summed E-state index contributed by atoms with van der Waals surface area (Å²) >= 11 is 0. The lowest BCUT2D eigenvalue weighted by Crippen LogP contribution is -2.41. The molecule has 6 nitrogen and oxygen atoms in total. The molecule has 3 aromatic rings. The summed E-state index contributed by atoms with van der Waals surface area (Å²) in [6.07, 6.45) is 1.67. The fourth-order valence-corrected chi connectivity index (χ4v) is 3.40. The number of carbonyl (C=O) groups is 1. The summed E-state index contributed by atoms with van der Waals surface area (Å²) in [7, 11) is -3.83. The van der Waals surface area contributed by atoms with Gasteiger partial charge in [-0.15, -0.1) is 4.83 Å². The van der Waals surface area contributed by atoms with Gasteiger partial charge in [0.1, 0.15) is 0 Å². The summed E-state index contributed by atoms with van der Waals surface area (Å²) in [6.45, 7) is 1.69. The second-order valence-corrected chi connectivity index (χ2v) is 6.89. The van der Waals surface area contributed by atoms with Gasteiger partial charge in [-0.3, -0.25) is 15.2 Å². The Kier molecular flexibility index (Phi) is 4.28. The van der Waals surface area contributed by atoms with Crippen LogP contribution < -0.4 is 10.3 Å². The van der Waals surface area contributed by atoms with Gasteiger partial charge in [0.25, 0.3) is 15.9 Å². The normalized spacial score (nSPS) is 11.4. The van der Waals surface area contributed by atoms with Gasteiger partial charge < -0.3 is 0 Å². The number of hydrazine groups is 1. The predicted octanol–water partition coefficient (Wildman–Crippen LogP) is 2.17. The number of nitrogens with zero attached hydrogens (tertiary/aromatic N) is 1. The van der Waals surface area contributed by atoms with E-state index in [2.05, 4.69) is 15.2 Å². The average molecular weight is 341 g/mol. The highest BCUT2D eigenvalue weighted by atomic mass is 32.2. The quantitative estimate of drug-likeness (QED) is 0.712. The van der Waals surface area contributed by atoms with E-state index in [-0.39, 0.29) is 4.90 Å². The molecule has 0 saturated heterocycles. The molecular formula is C17H15N3O3S. The standard InChI is InChI=1S/C17H15N3O3S/c1-12-5-2-3-7-16(12)24(22,23)20-19-17(21)14-8-9-15-13(11-14)6-4-10-18-15/h2-11,20H,1H3,(H,19,21). The Morgan fingerprint density at radius 1 is 1.04 bits per heavy atom. The van der Waals surface area contributed by atoms with Crippen LogP contribution in [0.2, 0.25) is 0 Å². The van der Waals surface area contributed by atoms with E-state index in [9.17, 15) is 13.2 Å². The monoisotopic (exact) mass is 341 g/mol. The number of rotatable bonds is 4. The molecule has 0 unspecified atom stereocenters. The molecule has 0 bridgehead atoms. The van der Waals surface area contributed by atoms with Crippen molar-refractivity contribution in [2.75, 3.05) is 0 Å². The third-order valence-electron chi connectivity index (χ3n) is 3.55. The van der Waals surface area contributed by atoms with E-state index in [0.717, 1.165) is 10.9 Å². The summed E-state index contributed by atoms with van der Waals surface area (Å²) < 4.78 is 24.5. The van der Waals surface area contributed by atoms with Crippen molar-refractivity contribution in [1.82, 2.24) is 15.2 Å². The van der Waals surface area contributed by atoms with Crippen molar-refractivity contribution in [3.8, 4) is 0 Å².